The lowest BCUT2D eigenvalue weighted by Gasteiger charge is -2.44. The molecule has 3 aromatic rings. The number of carbonyl (C=O) groups is 1. The summed E-state index contributed by atoms with van der Waals surface area (Å²) in [5.41, 5.74) is 1.51. The van der Waals surface area contributed by atoms with Gasteiger partial charge in [-0.05, 0) is 67.7 Å². The molecular weight excluding hydrogens is 467 g/mol. The van der Waals surface area contributed by atoms with E-state index in [1.807, 2.05) is 39.0 Å². The van der Waals surface area contributed by atoms with Crippen molar-refractivity contribution < 1.29 is 19.4 Å². The van der Waals surface area contributed by atoms with Gasteiger partial charge in [0.25, 0.3) is 0 Å². The summed E-state index contributed by atoms with van der Waals surface area (Å²) in [6.07, 6.45) is 6.00. The zero-order chi connectivity index (χ0) is 25.0. The molecule has 2 saturated carbocycles. The summed E-state index contributed by atoms with van der Waals surface area (Å²) >= 11 is 1.42. The SMILES string of the molecule is Cc1cc(Nc2ncc(F)c(C3CC3)n2)cc(-c2cnc(C3(O)CCC(C(=O)O)C(C)(C)C3)s2)c1. The molecule has 5 rings (SSSR count). The number of aliphatic hydroxyl groups is 1. The van der Waals surface area contributed by atoms with Gasteiger partial charge in [0.2, 0.25) is 5.95 Å². The molecule has 9 heteroatoms. The molecule has 2 aliphatic rings. The van der Waals surface area contributed by atoms with Crippen LogP contribution < -0.4 is 5.32 Å². The summed E-state index contributed by atoms with van der Waals surface area (Å²) < 4.78 is 14.0. The summed E-state index contributed by atoms with van der Waals surface area (Å²) in [5.74, 6) is -1.11. The third kappa shape index (κ3) is 4.79. The molecule has 0 radical (unpaired) electrons. The topological polar surface area (TPSA) is 108 Å². The number of nitrogens with zero attached hydrogens (tertiary/aromatic N) is 3. The summed E-state index contributed by atoms with van der Waals surface area (Å²) in [4.78, 5) is 25.6. The van der Waals surface area contributed by atoms with E-state index in [9.17, 15) is 19.4 Å². The maximum Gasteiger partial charge on any atom is 0.307 e. The minimum absolute atomic E-state index is 0.184. The molecule has 184 valence electrons. The number of aliphatic carboxylic acids is 1. The van der Waals surface area contributed by atoms with Crippen molar-refractivity contribution in [3.63, 3.8) is 0 Å². The van der Waals surface area contributed by atoms with E-state index in [1.165, 1.54) is 17.5 Å². The smallest absolute Gasteiger partial charge is 0.307 e. The molecule has 0 aliphatic heterocycles. The normalized spacial score (nSPS) is 23.7. The summed E-state index contributed by atoms with van der Waals surface area (Å²) in [6, 6.07) is 5.97. The highest BCUT2D eigenvalue weighted by molar-refractivity contribution is 7.15. The van der Waals surface area contributed by atoms with Crippen LogP contribution in [0, 0.1) is 24.1 Å². The van der Waals surface area contributed by atoms with Gasteiger partial charge in [0.05, 0.1) is 22.7 Å². The van der Waals surface area contributed by atoms with Gasteiger partial charge < -0.3 is 15.5 Å². The van der Waals surface area contributed by atoms with E-state index >= 15 is 0 Å². The number of aryl methyl sites for hydroxylation is 1. The van der Waals surface area contributed by atoms with E-state index in [-0.39, 0.29) is 11.7 Å². The molecule has 2 heterocycles. The van der Waals surface area contributed by atoms with E-state index in [1.54, 1.807) is 6.20 Å². The van der Waals surface area contributed by atoms with Crippen molar-refractivity contribution in [2.75, 3.05) is 5.32 Å². The Kier molecular flexibility index (Phi) is 5.88. The molecule has 0 spiro atoms. The number of hydrogen-bond acceptors (Lipinski definition) is 7. The number of thiazole rings is 1. The van der Waals surface area contributed by atoms with Gasteiger partial charge in [-0.2, -0.15) is 0 Å². The monoisotopic (exact) mass is 496 g/mol. The lowest BCUT2D eigenvalue weighted by molar-refractivity contribution is -0.154. The number of carboxylic acids is 1. The highest BCUT2D eigenvalue weighted by Crippen LogP contribution is 2.51. The van der Waals surface area contributed by atoms with Gasteiger partial charge in [0.15, 0.2) is 5.82 Å². The molecule has 7 nitrogen and oxygen atoms in total. The fourth-order valence-corrected chi connectivity index (χ4v) is 6.23. The molecule has 0 saturated heterocycles. The van der Waals surface area contributed by atoms with Gasteiger partial charge in [-0.3, -0.25) is 4.79 Å². The highest BCUT2D eigenvalue weighted by atomic mass is 32.1. The van der Waals surface area contributed by atoms with Gasteiger partial charge in [0, 0.05) is 17.8 Å². The molecule has 2 fully saturated rings. The Morgan fingerprint density at radius 2 is 1.94 bits per heavy atom. The van der Waals surface area contributed by atoms with Gasteiger partial charge in [-0.1, -0.05) is 19.9 Å². The Morgan fingerprint density at radius 1 is 1.17 bits per heavy atom. The van der Waals surface area contributed by atoms with Crippen LogP contribution in [0.25, 0.3) is 10.4 Å². The van der Waals surface area contributed by atoms with Crippen LogP contribution in [0.2, 0.25) is 0 Å². The molecular formula is C26H29FN4O3S. The number of benzene rings is 1. The van der Waals surface area contributed by atoms with Crippen molar-refractivity contribution in [1.82, 2.24) is 15.0 Å². The van der Waals surface area contributed by atoms with Crippen LogP contribution in [0.15, 0.2) is 30.6 Å². The minimum atomic E-state index is -1.15. The average molecular weight is 497 g/mol. The van der Waals surface area contributed by atoms with E-state index in [0.29, 0.717) is 35.9 Å². The van der Waals surface area contributed by atoms with Crippen molar-refractivity contribution >= 4 is 28.9 Å². The quantitative estimate of drug-likeness (QED) is 0.398. The highest BCUT2D eigenvalue weighted by Gasteiger charge is 2.49. The van der Waals surface area contributed by atoms with Crippen LogP contribution in [0.1, 0.15) is 68.1 Å². The molecule has 2 unspecified atom stereocenters. The van der Waals surface area contributed by atoms with E-state index in [0.717, 1.165) is 34.5 Å². The lowest BCUT2D eigenvalue weighted by Crippen LogP contribution is -2.44. The van der Waals surface area contributed by atoms with Crippen molar-refractivity contribution in [3.05, 3.63) is 52.7 Å². The number of anilines is 2. The average Bonchev–Trinajstić information content (AvgIpc) is 3.48. The molecule has 2 aliphatic carbocycles. The number of nitrogens with one attached hydrogen (secondary N) is 1. The fourth-order valence-electron chi connectivity index (χ4n) is 5.21. The maximum atomic E-state index is 14.0. The number of halogens is 1. The van der Waals surface area contributed by atoms with Crippen LogP contribution in [0.4, 0.5) is 16.0 Å². The number of rotatable bonds is 6. The summed E-state index contributed by atoms with van der Waals surface area (Å²) in [7, 11) is 0. The van der Waals surface area contributed by atoms with Gasteiger partial charge in [0.1, 0.15) is 10.6 Å². The summed E-state index contributed by atoms with van der Waals surface area (Å²) in [5, 5.41) is 24.8. The maximum absolute atomic E-state index is 14.0. The predicted octanol–water partition coefficient (Wildman–Crippen LogP) is 5.77. The fraction of sp³-hybridized carbons (Fsp3) is 0.462. The van der Waals surface area contributed by atoms with Crippen LogP contribution in [0.5, 0.6) is 0 Å². The van der Waals surface area contributed by atoms with Crippen LogP contribution in [-0.2, 0) is 10.4 Å². The van der Waals surface area contributed by atoms with Crippen molar-refractivity contribution in [3.8, 4) is 10.4 Å². The Hall–Kier alpha value is -2.91. The molecule has 1 aromatic carbocycles. The largest absolute Gasteiger partial charge is 0.481 e. The first-order valence-corrected chi connectivity index (χ1v) is 12.7. The molecule has 0 amide bonds. The molecule has 0 bridgehead atoms. The second kappa shape index (κ2) is 8.64. The first kappa shape index (κ1) is 23.8. The van der Waals surface area contributed by atoms with Crippen LogP contribution in [-0.4, -0.2) is 31.1 Å². The molecule has 2 aromatic heterocycles. The first-order valence-electron chi connectivity index (χ1n) is 11.9. The second-order valence-electron chi connectivity index (χ2n) is 10.6. The zero-order valence-corrected chi connectivity index (χ0v) is 20.8. The third-order valence-electron chi connectivity index (χ3n) is 7.09. The third-order valence-corrected chi connectivity index (χ3v) is 8.33. The molecule has 3 N–H and O–H groups in total. The lowest BCUT2D eigenvalue weighted by atomic mass is 9.63. The van der Waals surface area contributed by atoms with E-state index < -0.39 is 22.9 Å². The summed E-state index contributed by atoms with van der Waals surface area (Å²) in [6.45, 7) is 5.78. The molecule has 2 atom stereocenters. The Balaban J connectivity index is 1.39. The number of carboxylic acid groups (broad SMARTS) is 1. The van der Waals surface area contributed by atoms with Gasteiger partial charge in [-0.15, -0.1) is 11.3 Å². The van der Waals surface area contributed by atoms with Crippen molar-refractivity contribution in [2.24, 2.45) is 11.3 Å². The van der Waals surface area contributed by atoms with Gasteiger partial charge in [-0.25, -0.2) is 19.3 Å². The number of aromatic nitrogens is 3. The number of hydrogen-bond donors (Lipinski definition) is 3. The second-order valence-corrected chi connectivity index (χ2v) is 11.6. The van der Waals surface area contributed by atoms with Crippen LogP contribution in [0.3, 0.4) is 0 Å². The first-order chi connectivity index (χ1) is 16.5. The minimum Gasteiger partial charge on any atom is -0.481 e. The standard InChI is InChI=1S/C26H29FN4O3S/c1-14-8-16(10-17(9-14)30-24-29-11-19(27)21(31-24)15-4-5-15)20-12-28-23(35-20)26(34)7-6-18(22(32)33)25(2,3)13-26/h8-12,15,18,34H,4-7,13H2,1-3H3,(H,32,33)(H,29,30,31). The Labute approximate surface area is 207 Å². The Morgan fingerprint density at radius 3 is 2.63 bits per heavy atom. The Bertz CT molecular complexity index is 1290. The predicted molar refractivity (Wildman–Crippen MR) is 132 cm³/mol. The zero-order valence-electron chi connectivity index (χ0n) is 20.0. The van der Waals surface area contributed by atoms with Crippen LogP contribution >= 0.6 is 11.3 Å². The van der Waals surface area contributed by atoms with E-state index in [2.05, 4.69) is 20.3 Å². The molecule has 35 heavy (non-hydrogen) atoms. The van der Waals surface area contributed by atoms with Gasteiger partial charge >= 0.3 is 5.97 Å². The van der Waals surface area contributed by atoms with Crippen molar-refractivity contribution in [1.29, 1.82) is 0 Å². The van der Waals surface area contributed by atoms with Crippen molar-refractivity contribution in [2.45, 2.75) is 64.4 Å². The van der Waals surface area contributed by atoms with E-state index in [4.69, 9.17) is 0 Å².